The molecule has 0 unspecified atom stereocenters. The van der Waals surface area contributed by atoms with Crippen LogP contribution in [0.1, 0.15) is 30.1 Å². The number of hydrogen-bond donors (Lipinski definition) is 2. The van der Waals surface area contributed by atoms with Crippen LogP contribution >= 0.6 is 0 Å². The molecule has 0 radical (unpaired) electrons. The number of hydrogen-bond acceptors (Lipinski definition) is 6. The monoisotopic (exact) mass is 360 g/mol. The van der Waals surface area contributed by atoms with E-state index >= 15 is 0 Å². The fraction of sp³-hybridized carbons (Fsp3) is 0.278. The van der Waals surface area contributed by atoms with Gasteiger partial charge in [-0.15, -0.1) is 0 Å². The number of nitrogens with one attached hydrogen (secondary N) is 1. The zero-order valence-corrected chi connectivity index (χ0v) is 14.5. The number of nitrogens with zero attached hydrogens (tertiary/aromatic N) is 1. The molecule has 8 heteroatoms. The van der Waals surface area contributed by atoms with Crippen molar-refractivity contribution in [2.45, 2.75) is 19.8 Å². The number of rotatable bonds is 8. The number of carbonyl (C=O) groups is 2. The van der Waals surface area contributed by atoms with Crippen molar-refractivity contribution in [1.29, 1.82) is 0 Å². The SMILES string of the molecule is CCCCOc1ccc(NC(=O)c2cnc(OC(=O)O)c(OC)c2)cc1. The fourth-order valence-electron chi connectivity index (χ4n) is 2.03. The van der Waals surface area contributed by atoms with Crippen LogP contribution in [0.25, 0.3) is 0 Å². The van der Waals surface area contributed by atoms with Crippen molar-refractivity contribution in [3.8, 4) is 17.4 Å². The molecule has 8 nitrogen and oxygen atoms in total. The molecule has 2 aromatic rings. The number of pyridine rings is 1. The van der Waals surface area contributed by atoms with E-state index in [1.54, 1.807) is 24.3 Å². The van der Waals surface area contributed by atoms with Crippen molar-refractivity contribution in [2.24, 2.45) is 0 Å². The van der Waals surface area contributed by atoms with E-state index < -0.39 is 12.1 Å². The number of benzene rings is 1. The van der Waals surface area contributed by atoms with E-state index in [-0.39, 0.29) is 17.2 Å². The zero-order chi connectivity index (χ0) is 18.9. The average Bonchev–Trinajstić information content (AvgIpc) is 2.63. The van der Waals surface area contributed by atoms with Crippen LogP contribution in [-0.2, 0) is 0 Å². The number of carbonyl (C=O) groups excluding carboxylic acids is 1. The summed E-state index contributed by atoms with van der Waals surface area (Å²) < 4.78 is 15.0. The minimum Gasteiger partial charge on any atom is -0.494 e. The van der Waals surface area contributed by atoms with Crippen LogP contribution in [0, 0.1) is 0 Å². The lowest BCUT2D eigenvalue weighted by Crippen LogP contribution is -2.13. The van der Waals surface area contributed by atoms with Crippen LogP contribution in [0.2, 0.25) is 0 Å². The smallest absolute Gasteiger partial charge is 0.494 e. The minimum absolute atomic E-state index is 0.0414. The van der Waals surface area contributed by atoms with Gasteiger partial charge in [-0.2, -0.15) is 0 Å². The summed E-state index contributed by atoms with van der Waals surface area (Å²) in [6, 6.07) is 8.35. The quantitative estimate of drug-likeness (QED) is 0.547. The molecule has 138 valence electrons. The predicted molar refractivity (Wildman–Crippen MR) is 94.2 cm³/mol. The molecular weight excluding hydrogens is 340 g/mol. The van der Waals surface area contributed by atoms with E-state index in [2.05, 4.69) is 22.0 Å². The molecule has 1 amide bonds. The predicted octanol–water partition coefficient (Wildman–Crippen LogP) is 3.58. The second-order valence-electron chi connectivity index (χ2n) is 5.28. The highest BCUT2D eigenvalue weighted by Crippen LogP contribution is 2.25. The van der Waals surface area contributed by atoms with Gasteiger partial charge >= 0.3 is 6.16 Å². The summed E-state index contributed by atoms with van der Waals surface area (Å²) in [5, 5.41) is 11.4. The summed E-state index contributed by atoms with van der Waals surface area (Å²) in [5.41, 5.74) is 0.783. The Labute approximate surface area is 150 Å². The largest absolute Gasteiger partial charge is 0.512 e. The Morgan fingerprint density at radius 2 is 1.96 bits per heavy atom. The first-order valence-electron chi connectivity index (χ1n) is 8.02. The van der Waals surface area contributed by atoms with Gasteiger partial charge in [0.05, 0.1) is 19.3 Å². The van der Waals surface area contributed by atoms with Gasteiger partial charge in [0.15, 0.2) is 5.75 Å². The van der Waals surface area contributed by atoms with Crippen molar-refractivity contribution >= 4 is 17.7 Å². The third kappa shape index (κ3) is 5.37. The number of aromatic nitrogens is 1. The molecule has 0 fully saturated rings. The zero-order valence-electron chi connectivity index (χ0n) is 14.5. The molecule has 0 spiro atoms. The van der Waals surface area contributed by atoms with Gasteiger partial charge in [0, 0.05) is 18.0 Å². The maximum Gasteiger partial charge on any atom is 0.512 e. The standard InChI is InChI=1S/C18H20N2O6/c1-3-4-9-25-14-7-5-13(6-8-14)20-16(21)12-10-15(24-2)17(19-11-12)26-18(22)23/h5-8,10-11H,3-4,9H2,1-2H3,(H,20,21)(H,22,23). The number of carboxylic acid groups (broad SMARTS) is 1. The summed E-state index contributed by atoms with van der Waals surface area (Å²) >= 11 is 0. The summed E-state index contributed by atoms with van der Waals surface area (Å²) in [6.45, 7) is 2.74. The lowest BCUT2D eigenvalue weighted by molar-refractivity contribution is 0.102. The number of anilines is 1. The van der Waals surface area contributed by atoms with Crippen LogP contribution < -0.4 is 19.5 Å². The molecule has 2 N–H and O–H groups in total. The van der Waals surface area contributed by atoms with E-state index in [1.165, 1.54) is 19.4 Å². The Morgan fingerprint density at radius 3 is 2.58 bits per heavy atom. The minimum atomic E-state index is -1.52. The van der Waals surface area contributed by atoms with Crippen LogP contribution in [0.3, 0.4) is 0 Å². The summed E-state index contributed by atoms with van der Waals surface area (Å²) in [5.74, 6) is 0.122. The third-order valence-electron chi connectivity index (χ3n) is 3.36. The van der Waals surface area contributed by atoms with Crippen LogP contribution in [0.15, 0.2) is 36.5 Å². The Kier molecular flexibility index (Phi) is 6.78. The normalized spacial score (nSPS) is 10.1. The number of methoxy groups -OCH3 is 1. The van der Waals surface area contributed by atoms with E-state index in [4.69, 9.17) is 14.6 Å². The summed E-state index contributed by atoms with van der Waals surface area (Å²) in [4.78, 5) is 26.7. The molecule has 0 saturated carbocycles. The molecule has 26 heavy (non-hydrogen) atoms. The molecule has 1 heterocycles. The Morgan fingerprint density at radius 1 is 1.23 bits per heavy atom. The number of ether oxygens (including phenoxy) is 3. The van der Waals surface area contributed by atoms with E-state index in [1.807, 2.05) is 0 Å². The van der Waals surface area contributed by atoms with Crippen molar-refractivity contribution < 1.29 is 28.9 Å². The molecule has 2 rings (SSSR count). The Bertz CT molecular complexity index is 761. The molecule has 0 aliphatic rings. The first-order chi connectivity index (χ1) is 12.5. The van der Waals surface area contributed by atoms with Crippen molar-refractivity contribution in [2.75, 3.05) is 19.0 Å². The molecule has 0 saturated heterocycles. The van der Waals surface area contributed by atoms with Crippen LogP contribution in [-0.4, -0.2) is 35.9 Å². The fourth-order valence-corrected chi connectivity index (χ4v) is 2.03. The van der Waals surface area contributed by atoms with E-state index in [0.29, 0.717) is 12.3 Å². The molecule has 0 aliphatic carbocycles. The molecular formula is C18H20N2O6. The number of unbranched alkanes of at least 4 members (excludes halogenated alkanes) is 1. The van der Waals surface area contributed by atoms with Gasteiger partial charge in [0.2, 0.25) is 0 Å². The van der Waals surface area contributed by atoms with Gasteiger partial charge in [-0.1, -0.05) is 13.3 Å². The van der Waals surface area contributed by atoms with E-state index in [9.17, 15) is 9.59 Å². The van der Waals surface area contributed by atoms with Crippen LogP contribution in [0.4, 0.5) is 10.5 Å². The van der Waals surface area contributed by atoms with Crippen LogP contribution in [0.5, 0.6) is 17.4 Å². The Balaban J connectivity index is 2.03. The summed E-state index contributed by atoms with van der Waals surface area (Å²) in [6.07, 6.45) is 1.73. The van der Waals surface area contributed by atoms with Gasteiger partial charge in [0.25, 0.3) is 11.8 Å². The van der Waals surface area contributed by atoms with Gasteiger partial charge in [0.1, 0.15) is 5.75 Å². The van der Waals surface area contributed by atoms with Crippen molar-refractivity contribution in [3.63, 3.8) is 0 Å². The Hall–Kier alpha value is -3.29. The second-order valence-corrected chi connectivity index (χ2v) is 5.28. The highest BCUT2D eigenvalue weighted by molar-refractivity contribution is 6.04. The highest BCUT2D eigenvalue weighted by atomic mass is 16.7. The van der Waals surface area contributed by atoms with Gasteiger partial charge < -0.3 is 24.6 Å². The molecule has 1 aromatic heterocycles. The third-order valence-corrected chi connectivity index (χ3v) is 3.36. The number of amides is 1. The highest BCUT2D eigenvalue weighted by Gasteiger charge is 2.15. The topological polar surface area (TPSA) is 107 Å². The first-order valence-corrected chi connectivity index (χ1v) is 8.02. The first kappa shape index (κ1) is 19.0. The maximum atomic E-state index is 12.3. The maximum absolute atomic E-state index is 12.3. The van der Waals surface area contributed by atoms with E-state index in [0.717, 1.165) is 18.6 Å². The molecule has 1 aromatic carbocycles. The van der Waals surface area contributed by atoms with Gasteiger partial charge in [-0.3, -0.25) is 4.79 Å². The molecule has 0 atom stereocenters. The lowest BCUT2D eigenvalue weighted by Gasteiger charge is -2.10. The molecule has 0 bridgehead atoms. The average molecular weight is 360 g/mol. The second kappa shape index (κ2) is 9.26. The molecule has 0 aliphatic heterocycles. The van der Waals surface area contributed by atoms with Gasteiger partial charge in [-0.05, 0) is 30.7 Å². The summed E-state index contributed by atoms with van der Waals surface area (Å²) in [7, 11) is 1.32. The van der Waals surface area contributed by atoms with Gasteiger partial charge in [-0.25, -0.2) is 9.78 Å². The van der Waals surface area contributed by atoms with Crippen molar-refractivity contribution in [3.05, 3.63) is 42.1 Å². The lowest BCUT2D eigenvalue weighted by atomic mass is 10.2. The van der Waals surface area contributed by atoms with Crippen molar-refractivity contribution in [1.82, 2.24) is 4.98 Å².